The molecule has 2 aromatic rings. The van der Waals surface area contributed by atoms with Gasteiger partial charge in [-0.2, -0.15) is 0 Å². The zero-order valence-electron chi connectivity index (χ0n) is 20.2. The molecule has 8 heteroatoms. The molecule has 0 radical (unpaired) electrons. The van der Waals surface area contributed by atoms with E-state index in [4.69, 9.17) is 0 Å². The molecule has 2 aromatic carbocycles. The Kier molecular flexibility index (Phi) is 7.05. The molecule has 8 nitrogen and oxygen atoms in total. The summed E-state index contributed by atoms with van der Waals surface area (Å²) in [6, 6.07) is 16.6. The summed E-state index contributed by atoms with van der Waals surface area (Å²) in [5.74, 6) is -1.14. The highest BCUT2D eigenvalue weighted by atomic mass is 16.2. The first-order chi connectivity index (χ1) is 16.3. The second kappa shape index (κ2) is 10.2. The Balaban J connectivity index is 1.47. The van der Waals surface area contributed by atoms with Gasteiger partial charge in [-0.15, -0.1) is 0 Å². The fourth-order valence-corrected chi connectivity index (χ4v) is 4.72. The van der Waals surface area contributed by atoms with E-state index in [-0.39, 0.29) is 11.9 Å². The lowest BCUT2D eigenvalue weighted by molar-refractivity contribution is -0.148. The summed E-state index contributed by atoms with van der Waals surface area (Å²) in [5, 5.41) is 2.89. The van der Waals surface area contributed by atoms with Gasteiger partial charge in [-0.05, 0) is 35.7 Å². The number of nitrogens with zero attached hydrogens (tertiary/aromatic N) is 4. The fourth-order valence-electron chi connectivity index (χ4n) is 4.72. The van der Waals surface area contributed by atoms with Crippen LogP contribution >= 0.6 is 0 Å². The molecule has 180 valence electrons. The summed E-state index contributed by atoms with van der Waals surface area (Å²) in [6.07, 6.45) is 0.954. The lowest BCUT2D eigenvalue weighted by atomic mass is 10.0. The van der Waals surface area contributed by atoms with Crippen molar-refractivity contribution < 1.29 is 14.4 Å². The normalized spacial score (nSPS) is 16.1. The smallest absolute Gasteiger partial charge is 0.312 e. The van der Waals surface area contributed by atoms with E-state index >= 15 is 0 Å². The van der Waals surface area contributed by atoms with Crippen LogP contribution in [0.3, 0.4) is 0 Å². The van der Waals surface area contributed by atoms with Crippen molar-refractivity contribution in [3.63, 3.8) is 0 Å². The molecule has 0 bridgehead atoms. The van der Waals surface area contributed by atoms with Crippen LogP contribution in [0.15, 0.2) is 48.5 Å². The number of piperazine rings is 1. The molecule has 34 heavy (non-hydrogen) atoms. The van der Waals surface area contributed by atoms with E-state index in [1.54, 1.807) is 4.90 Å². The minimum atomic E-state index is -0.598. The van der Waals surface area contributed by atoms with Gasteiger partial charge >= 0.3 is 11.8 Å². The summed E-state index contributed by atoms with van der Waals surface area (Å²) in [5.41, 5.74) is 4.66. The van der Waals surface area contributed by atoms with Crippen molar-refractivity contribution in [2.24, 2.45) is 0 Å². The van der Waals surface area contributed by atoms with Crippen LogP contribution < -0.4 is 15.1 Å². The van der Waals surface area contributed by atoms with Gasteiger partial charge in [0.25, 0.3) is 0 Å². The predicted molar refractivity (Wildman–Crippen MR) is 133 cm³/mol. The molecule has 1 atom stereocenters. The van der Waals surface area contributed by atoms with Gasteiger partial charge in [0, 0.05) is 71.7 Å². The Labute approximate surface area is 201 Å². The molecule has 1 saturated heterocycles. The molecule has 1 fully saturated rings. The molecule has 0 spiro atoms. The number of para-hydroxylation sites is 1. The van der Waals surface area contributed by atoms with Gasteiger partial charge in [-0.25, -0.2) is 0 Å². The van der Waals surface area contributed by atoms with Crippen LogP contribution in [0, 0.1) is 0 Å². The highest BCUT2D eigenvalue weighted by molar-refractivity contribution is 6.35. The molecular formula is C26H33N5O3. The summed E-state index contributed by atoms with van der Waals surface area (Å²) in [6.45, 7) is 4.37. The van der Waals surface area contributed by atoms with Gasteiger partial charge < -0.3 is 24.9 Å². The van der Waals surface area contributed by atoms with Gasteiger partial charge in [0.05, 0.1) is 6.04 Å². The summed E-state index contributed by atoms with van der Waals surface area (Å²) in [4.78, 5) is 44.7. The van der Waals surface area contributed by atoms with Gasteiger partial charge in [0.1, 0.15) is 0 Å². The van der Waals surface area contributed by atoms with E-state index in [2.05, 4.69) is 57.6 Å². The average molecular weight is 464 g/mol. The highest BCUT2D eigenvalue weighted by Crippen LogP contribution is 2.35. The maximum atomic E-state index is 12.8. The first-order valence-corrected chi connectivity index (χ1v) is 11.8. The van der Waals surface area contributed by atoms with Crippen molar-refractivity contribution >= 4 is 29.1 Å². The van der Waals surface area contributed by atoms with Crippen LogP contribution in [0.1, 0.15) is 24.1 Å². The van der Waals surface area contributed by atoms with Gasteiger partial charge in [0.2, 0.25) is 5.91 Å². The standard InChI is InChI=1S/C26H33N5O3/c1-19(32)29-14-16-30(17-15-29)26(34)25(33)27-18-24(21-8-10-22(11-9-21)28(2)3)31-13-12-20-6-4-5-7-23(20)31/h4-11,24H,12-18H2,1-3H3,(H,27,33)/t24-/m0/s1. The van der Waals surface area contributed by atoms with E-state index in [1.165, 1.54) is 23.1 Å². The SMILES string of the molecule is CC(=O)N1CCN(C(=O)C(=O)NC[C@@H](c2ccc(N(C)C)cc2)N2CCc3ccccc32)CC1. The number of fused-ring (bicyclic) bond motifs is 1. The molecule has 2 heterocycles. The van der Waals surface area contributed by atoms with Crippen molar-refractivity contribution in [2.75, 3.05) is 63.2 Å². The number of carbonyl (C=O) groups excluding carboxylic acids is 3. The Morgan fingerprint density at radius 3 is 2.21 bits per heavy atom. The van der Waals surface area contributed by atoms with Crippen molar-refractivity contribution in [1.29, 1.82) is 0 Å². The van der Waals surface area contributed by atoms with Gasteiger partial charge in [0.15, 0.2) is 0 Å². The van der Waals surface area contributed by atoms with Gasteiger partial charge in [-0.1, -0.05) is 30.3 Å². The number of nitrogens with one attached hydrogen (secondary N) is 1. The minimum absolute atomic E-state index is 0.00873. The molecule has 1 N–H and O–H groups in total. The molecule has 0 aromatic heterocycles. The maximum absolute atomic E-state index is 12.8. The van der Waals surface area contributed by atoms with Crippen molar-refractivity contribution in [2.45, 2.75) is 19.4 Å². The minimum Gasteiger partial charge on any atom is -0.378 e. The summed E-state index contributed by atoms with van der Waals surface area (Å²) in [7, 11) is 4.01. The van der Waals surface area contributed by atoms with Crippen LogP contribution in [-0.4, -0.2) is 80.9 Å². The summed E-state index contributed by atoms with van der Waals surface area (Å²) >= 11 is 0. The van der Waals surface area contributed by atoms with Crippen molar-refractivity contribution in [3.8, 4) is 0 Å². The Morgan fingerprint density at radius 2 is 1.56 bits per heavy atom. The lowest BCUT2D eigenvalue weighted by Crippen LogP contribution is -2.54. The number of anilines is 2. The molecule has 2 aliphatic rings. The topological polar surface area (TPSA) is 76.2 Å². The first-order valence-electron chi connectivity index (χ1n) is 11.8. The molecule has 2 aliphatic heterocycles. The molecule has 0 saturated carbocycles. The van der Waals surface area contributed by atoms with E-state index < -0.39 is 11.8 Å². The number of amides is 3. The average Bonchev–Trinajstić information content (AvgIpc) is 3.28. The largest absolute Gasteiger partial charge is 0.378 e. The van der Waals surface area contributed by atoms with E-state index in [0.717, 1.165) is 24.2 Å². The van der Waals surface area contributed by atoms with Crippen LogP contribution in [0.5, 0.6) is 0 Å². The number of carbonyl (C=O) groups is 3. The van der Waals surface area contributed by atoms with E-state index in [0.29, 0.717) is 32.7 Å². The second-order valence-electron chi connectivity index (χ2n) is 9.08. The zero-order valence-corrected chi connectivity index (χ0v) is 20.2. The predicted octanol–water partition coefficient (Wildman–Crippen LogP) is 1.66. The first kappa shape index (κ1) is 23.6. The Bertz CT molecular complexity index is 1040. The third-order valence-corrected chi connectivity index (χ3v) is 6.76. The quantitative estimate of drug-likeness (QED) is 0.683. The lowest BCUT2D eigenvalue weighted by Gasteiger charge is -2.34. The van der Waals surface area contributed by atoms with Crippen LogP contribution in [-0.2, 0) is 20.8 Å². The van der Waals surface area contributed by atoms with E-state index in [9.17, 15) is 14.4 Å². The maximum Gasteiger partial charge on any atom is 0.312 e. The highest BCUT2D eigenvalue weighted by Gasteiger charge is 2.30. The van der Waals surface area contributed by atoms with Gasteiger partial charge in [-0.3, -0.25) is 14.4 Å². The van der Waals surface area contributed by atoms with Crippen LogP contribution in [0.25, 0.3) is 0 Å². The monoisotopic (exact) mass is 463 g/mol. The number of hydrogen-bond donors (Lipinski definition) is 1. The molecule has 4 rings (SSSR count). The third-order valence-electron chi connectivity index (χ3n) is 6.76. The van der Waals surface area contributed by atoms with Crippen LogP contribution in [0.2, 0.25) is 0 Å². The molecule has 0 unspecified atom stereocenters. The fraction of sp³-hybridized carbons (Fsp3) is 0.423. The Morgan fingerprint density at radius 1 is 0.912 bits per heavy atom. The molecular weight excluding hydrogens is 430 g/mol. The third kappa shape index (κ3) is 5.00. The van der Waals surface area contributed by atoms with Crippen molar-refractivity contribution in [3.05, 3.63) is 59.7 Å². The number of benzene rings is 2. The number of hydrogen-bond acceptors (Lipinski definition) is 5. The number of rotatable bonds is 5. The molecule has 3 amide bonds. The van der Waals surface area contributed by atoms with Crippen molar-refractivity contribution in [1.82, 2.24) is 15.1 Å². The molecule has 0 aliphatic carbocycles. The second-order valence-corrected chi connectivity index (χ2v) is 9.08. The van der Waals surface area contributed by atoms with Crippen LogP contribution in [0.4, 0.5) is 11.4 Å². The van der Waals surface area contributed by atoms with E-state index in [1.807, 2.05) is 20.2 Å². The Hall–Kier alpha value is -3.55. The zero-order chi connectivity index (χ0) is 24.2. The summed E-state index contributed by atoms with van der Waals surface area (Å²) < 4.78 is 0.